The van der Waals surface area contributed by atoms with E-state index in [1.807, 2.05) is 19.1 Å². The first kappa shape index (κ1) is 19.8. The predicted molar refractivity (Wildman–Crippen MR) is 107 cm³/mol. The summed E-state index contributed by atoms with van der Waals surface area (Å²) in [7, 11) is 0. The Kier molecular flexibility index (Phi) is 7.68. The van der Waals surface area contributed by atoms with Crippen LogP contribution in [-0.4, -0.2) is 23.9 Å². The van der Waals surface area contributed by atoms with Gasteiger partial charge in [-0.1, -0.05) is 36.4 Å². The molecule has 2 N–H and O–H groups in total. The van der Waals surface area contributed by atoms with Crippen molar-refractivity contribution in [3.8, 4) is 6.07 Å². The van der Waals surface area contributed by atoms with E-state index in [9.17, 15) is 4.39 Å². The number of benzene rings is 1. The van der Waals surface area contributed by atoms with Crippen molar-refractivity contribution in [2.24, 2.45) is 0 Å². The van der Waals surface area contributed by atoms with Crippen LogP contribution in [0.3, 0.4) is 0 Å². The lowest BCUT2D eigenvalue weighted by Gasteiger charge is -2.13. The van der Waals surface area contributed by atoms with Gasteiger partial charge in [-0.2, -0.15) is 5.26 Å². The van der Waals surface area contributed by atoms with Crippen molar-refractivity contribution >= 4 is 11.4 Å². The maximum absolute atomic E-state index is 13.2. The minimum absolute atomic E-state index is 0.238. The maximum atomic E-state index is 13.2. The highest BCUT2D eigenvalue weighted by Crippen LogP contribution is 2.15. The highest BCUT2D eigenvalue weighted by Gasteiger charge is 2.07. The van der Waals surface area contributed by atoms with Crippen LogP contribution >= 0.6 is 0 Å². The Morgan fingerprint density at radius 1 is 1.26 bits per heavy atom. The second kappa shape index (κ2) is 10.5. The molecule has 0 bridgehead atoms. The summed E-state index contributed by atoms with van der Waals surface area (Å²) in [4.78, 5) is 4.18. The number of allylic oxidation sites excluding steroid dienone is 4. The molecule has 2 rings (SSSR count). The first-order chi connectivity index (χ1) is 13.2. The minimum Gasteiger partial charge on any atom is -0.381 e. The SMILES string of the molecule is C/C=C\C=C(/CF)CN/C(=C\C(=N)c1ccccn1)c1ccc(C#N)cc1. The summed E-state index contributed by atoms with van der Waals surface area (Å²) in [5.41, 5.74) is 3.39. The molecule has 0 aliphatic heterocycles. The number of aromatic nitrogens is 1. The molecule has 0 saturated heterocycles. The van der Waals surface area contributed by atoms with E-state index in [0.29, 0.717) is 29.1 Å². The van der Waals surface area contributed by atoms with Gasteiger partial charge < -0.3 is 5.32 Å². The van der Waals surface area contributed by atoms with Gasteiger partial charge in [-0.3, -0.25) is 10.4 Å². The lowest BCUT2D eigenvalue weighted by molar-refractivity contribution is 0.535. The summed E-state index contributed by atoms with van der Waals surface area (Å²) in [6.45, 7) is 1.62. The van der Waals surface area contributed by atoms with Gasteiger partial charge in [0.2, 0.25) is 0 Å². The molecule has 136 valence electrons. The van der Waals surface area contributed by atoms with Crippen LogP contribution in [0.15, 0.2) is 78.5 Å². The van der Waals surface area contributed by atoms with Crippen LogP contribution < -0.4 is 5.32 Å². The monoisotopic (exact) mass is 360 g/mol. The molecule has 0 radical (unpaired) electrons. The van der Waals surface area contributed by atoms with E-state index in [0.717, 1.165) is 5.56 Å². The van der Waals surface area contributed by atoms with Gasteiger partial charge in [0, 0.05) is 18.4 Å². The van der Waals surface area contributed by atoms with Gasteiger partial charge in [-0.25, -0.2) is 4.39 Å². The molecule has 0 aliphatic carbocycles. The molecule has 5 heteroatoms. The first-order valence-corrected chi connectivity index (χ1v) is 8.50. The third-order valence-electron chi connectivity index (χ3n) is 3.76. The Morgan fingerprint density at radius 3 is 2.63 bits per heavy atom. The fraction of sp³-hybridized carbons (Fsp3) is 0.136. The fourth-order valence-corrected chi connectivity index (χ4v) is 2.29. The minimum atomic E-state index is -0.560. The number of nitrogens with zero attached hydrogens (tertiary/aromatic N) is 2. The molecule has 0 amide bonds. The van der Waals surface area contributed by atoms with Gasteiger partial charge in [-0.15, -0.1) is 0 Å². The lowest BCUT2D eigenvalue weighted by atomic mass is 10.1. The Labute approximate surface area is 158 Å². The molecular formula is C22H21FN4. The number of halogens is 1. The van der Waals surface area contributed by atoms with Crippen molar-refractivity contribution in [1.82, 2.24) is 10.3 Å². The average Bonchev–Trinajstić information content (AvgIpc) is 2.73. The second-order valence-corrected chi connectivity index (χ2v) is 5.71. The van der Waals surface area contributed by atoms with E-state index in [-0.39, 0.29) is 5.71 Å². The summed E-state index contributed by atoms with van der Waals surface area (Å²) >= 11 is 0. The molecule has 2 aromatic rings. The van der Waals surface area contributed by atoms with Crippen molar-refractivity contribution in [3.63, 3.8) is 0 Å². The average molecular weight is 360 g/mol. The number of nitriles is 1. The summed E-state index contributed by atoms with van der Waals surface area (Å²) in [6.07, 6.45) is 8.65. The highest BCUT2D eigenvalue weighted by atomic mass is 19.1. The van der Waals surface area contributed by atoms with Crippen LogP contribution in [0.4, 0.5) is 4.39 Å². The number of rotatable bonds is 8. The van der Waals surface area contributed by atoms with Crippen LogP contribution in [-0.2, 0) is 0 Å². The number of alkyl halides is 1. The molecule has 1 aromatic heterocycles. The molecule has 27 heavy (non-hydrogen) atoms. The molecule has 0 unspecified atom stereocenters. The Balaban J connectivity index is 2.31. The maximum Gasteiger partial charge on any atom is 0.113 e. The fourth-order valence-electron chi connectivity index (χ4n) is 2.29. The summed E-state index contributed by atoms with van der Waals surface area (Å²) in [5, 5.41) is 20.5. The first-order valence-electron chi connectivity index (χ1n) is 8.50. The smallest absolute Gasteiger partial charge is 0.113 e. The molecule has 0 spiro atoms. The van der Waals surface area contributed by atoms with Crippen molar-refractivity contribution in [2.45, 2.75) is 6.92 Å². The van der Waals surface area contributed by atoms with E-state index in [1.165, 1.54) is 0 Å². The molecule has 0 saturated carbocycles. The van der Waals surface area contributed by atoms with E-state index < -0.39 is 6.67 Å². The second-order valence-electron chi connectivity index (χ2n) is 5.71. The van der Waals surface area contributed by atoms with Gasteiger partial charge in [0.05, 0.1) is 23.0 Å². The predicted octanol–water partition coefficient (Wildman–Crippen LogP) is 4.42. The Bertz CT molecular complexity index is 888. The van der Waals surface area contributed by atoms with Crippen LogP contribution in [0.5, 0.6) is 0 Å². The quantitative estimate of drug-likeness (QED) is 0.540. The van der Waals surface area contributed by atoms with Gasteiger partial charge in [0.15, 0.2) is 0 Å². The number of hydrogen-bond acceptors (Lipinski definition) is 4. The van der Waals surface area contributed by atoms with Gasteiger partial charge >= 0.3 is 0 Å². The van der Waals surface area contributed by atoms with Gasteiger partial charge in [-0.05, 0) is 48.4 Å². The molecule has 0 atom stereocenters. The molecule has 1 heterocycles. The molecule has 0 fully saturated rings. The van der Waals surface area contributed by atoms with Crippen molar-refractivity contribution in [3.05, 3.63) is 95.4 Å². The van der Waals surface area contributed by atoms with Crippen molar-refractivity contribution < 1.29 is 4.39 Å². The van der Waals surface area contributed by atoms with E-state index in [1.54, 1.807) is 60.8 Å². The number of pyridine rings is 1. The summed E-state index contributed by atoms with van der Waals surface area (Å²) in [6, 6.07) is 14.5. The zero-order chi connectivity index (χ0) is 19.5. The highest BCUT2D eigenvalue weighted by molar-refractivity contribution is 6.08. The Hall–Kier alpha value is -3.52. The largest absolute Gasteiger partial charge is 0.381 e. The molecule has 1 aromatic carbocycles. The third kappa shape index (κ3) is 6.05. The number of nitrogens with one attached hydrogen (secondary N) is 2. The zero-order valence-electron chi connectivity index (χ0n) is 15.1. The zero-order valence-corrected chi connectivity index (χ0v) is 15.1. The van der Waals surface area contributed by atoms with Crippen LogP contribution in [0.1, 0.15) is 23.7 Å². The van der Waals surface area contributed by atoms with Gasteiger partial charge in [0.25, 0.3) is 0 Å². The van der Waals surface area contributed by atoms with E-state index in [4.69, 9.17) is 10.7 Å². The lowest BCUT2D eigenvalue weighted by Crippen LogP contribution is -2.18. The van der Waals surface area contributed by atoms with Crippen molar-refractivity contribution in [1.29, 1.82) is 10.7 Å². The van der Waals surface area contributed by atoms with E-state index >= 15 is 0 Å². The third-order valence-corrected chi connectivity index (χ3v) is 3.76. The molecule has 4 nitrogen and oxygen atoms in total. The standard InChI is InChI=1S/C22H21FN4/c1-2-3-6-18(14-23)16-27-22(19-10-8-17(15-24)9-11-19)13-20(25)21-7-4-5-12-26-21/h2-13,25,27H,14,16H2,1H3/b3-2-,18-6+,22-13-,25-20?. The summed E-state index contributed by atoms with van der Waals surface area (Å²) in [5.74, 6) is 0. The number of hydrogen-bond donors (Lipinski definition) is 2. The normalized spacial score (nSPS) is 12.0. The van der Waals surface area contributed by atoms with Crippen LogP contribution in [0.2, 0.25) is 0 Å². The summed E-state index contributed by atoms with van der Waals surface area (Å²) < 4.78 is 13.2. The molecular weight excluding hydrogens is 339 g/mol. The Morgan fingerprint density at radius 2 is 2.04 bits per heavy atom. The van der Waals surface area contributed by atoms with Gasteiger partial charge in [0.1, 0.15) is 6.67 Å². The molecule has 0 aliphatic rings. The van der Waals surface area contributed by atoms with E-state index in [2.05, 4.69) is 16.4 Å². The van der Waals surface area contributed by atoms with Crippen LogP contribution in [0.25, 0.3) is 5.70 Å². The topological polar surface area (TPSA) is 72.6 Å². The van der Waals surface area contributed by atoms with Crippen LogP contribution in [0, 0.1) is 16.7 Å². The van der Waals surface area contributed by atoms with Crippen molar-refractivity contribution in [2.75, 3.05) is 13.2 Å².